The van der Waals surface area contributed by atoms with Crippen LogP contribution in [0.4, 0.5) is 10.2 Å². The molecule has 0 unspecified atom stereocenters. The smallest absolute Gasteiger partial charge is 0.228 e. The van der Waals surface area contributed by atoms with Gasteiger partial charge < -0.3 is 5.32 Å². The average molecular weight is 265 g/mol. The van der Waals surface area contributed by atoms with Gasteiger partial charge in [-0.25, -0.2) is 9.37 Å². The van der Waals surface area contributed by atoms with Gasteiger partial charge >= 0.3 is 0 Å². The van der Waals surface area contributed by atoms with Gasteiger partial charge in [0.25, 0.3) is 0 Å². The third-order valence-corrected chi connectivity index (χ3v) is 3.25. The first-order valence-electron chi connectivity index (χ1n) is 5.69. The van der Waals surface area contributed by atoms with E-state index in [9.17, 15) is 9.18 Å². The van der Waals surface area contributed by atoms with Crippen molar-refractivity contribution in [3.05, 3.63) is 35.2 Å². The summed E-state index contributed by atoms with van der Waals surface area (Å²) in [5.41, 5.74) is 0. The first kappa shape index (κ1) is 11.4. The lowest BCUT2D eigenvalue weighted by molar-refractivity contribution is -0.117. The number of benzene rings is 1. The van der Waals surface area contributed by atoms with Crippen molar-refractivity contribution < 1.29 is 9.18 Å². The molecule has 0 atom stereocenters. The number of rotatable bonds is 2. The van der Waals surface area contributed by atoms with E-state index < -0.39 is 5.82 Å². The van der Waals surface area contributed by atoms with Crippen molar-refractivity contribution in [3.63, 3.8) is 0 Å². The predicted octanol–water partition coefficient (Wildman–Crippen LogP) is 3.38. The second-order valence-corrected chi connectivity index (χ2v) is 4.85. The fraction of sp³-hybridized carbons (Fsp3) is 0.231. The largest absolute Gasteiger partial charge is 0.310 e. The number of halogens is 2. The molecule has 1 amide bonds. The summed E-state index contributed by atoms with van der Waals surface area (Å²) in [5, 5.41) is 4.20. The Morgan fingerprint density at radius 2 is 2.11 bits per heavy atom. The van der Waals surface area contributed by atoms with Crippen molar-refractivity contribution in [1.29, 1.82) is 0 Å². The van der Waals surface area contributed by atoms with Crippen molar-refractivity contribution in [2.24, 2.45) is 5.92 Å². The number of nitrogens with one attached hydrogen (secondary N) is 1. The van der Waals surface area contributed by atoms with E-state index in [4.69, 9.17) is 11.6 Å². The van der Waals surface area contributed by atoms with Crippen LogP contribution < -0.4 is 5.32 Å². The summed E-state index contributed by atoms with van der Waals surface area (Å²) >= 11 is 5.69. The summed E-state index contributed by atoms with van der Waals surface area (Å²) in [6.45, 7) is 0. The number of anilines is 1. The zero-order chi connectivity index (χ0) is 12.7. The summed E-state index contributed by atoms with van der Waals surface area (Å²) in [6.07, 6.45) is 3.44. The summed E-state index contributed by atoms with van der Waals surface area (Å²) < 4.78 is 13.3. The summed E-state index contributed by atoms with van der Waals surface area (Å²) in [4.78, 5) is 15.7. The van der Waals surface area contributed by atoms with E-state index in [1.165, 1.54) is 12.1 Å². The van der Waals surface area contributed by atoms with Gasteiger partial charge in [-0.3, -0.25) is 4.79 Å². The van der Waals surface area contributed by atoms with Gasteiger partial charge in [0.05, 0.1) is 5.02 Å². The van der Waals surface area contributed by atoms with Crippen molar-refractivity contribution in [2.75, 3.05) is 5.32 Å². The van der Waals surface area contributed by atoms with Crippen LogP contribution in [0.2, 0.25) is 5.02 Å². The second kappa shape index (κ2) is 4.21. The van der Waals surface area contributed by atoms with Gasteiger partial charge in [0.15, 0.2) is 0 Å². The van der Waals surface area contributed by atoms with Crippen molar-refractivity contribution >= 4 is 34.1 Å². The highest BCUT2D eigenvalue weighted by Gasteiger charge is 2.29. The highest BCUT2D eigenvalue weighted by atomic mass is 35.5. The number of hydrogen-bond donors (Lipinski definition) is 1. The van der Waals surface area contributed by atoms with Gasteiger partial charge in [-0.15, -0.1) is 0 Å². The zero-order valence-electron chi connectivity index (χ0n) is 9.41. The minimum absolute atomic E-state index is 0.0173. The molecular weight excluding hydrogens is 255 g/mol. The number of aromatic nitrogens is 1. The maximum atomic E-state index is 13.3. The quantitative estimate of drug-likeness (QED) is 0.903. The molecule has 2 aromatic rings. The van der Waals surface area contributed by atoms with Crippen molar-refractivity contribution in [1.82, 2.24) is 4.98 Å². The summed E-state index contributed by atoms with van der Waals surface area (Å²) in [7, 11) is 0. The van der Waals surface area contributed by atoms with E-state index in [-0.39, 0.29) is 16.8 Å². The van der Waals surface area contributed by atoms with Crippen LogP contribution in [0.25, 0.3) is 10.8 Å². The van der Waals surface area contributed by atoms with Crippen LogP contribution in [0.5, 0.6) is 0 Å². The average Bonchev–Trinajstić information content (AvgIpc) is 3.15. The van der Waals surface area contributed by atoms with E-state index in [1.807, 2.05) is 0 Å². The lowest BCUT2D eigenvalue weighted by Gasteiger charge is -2.05. The van der Waals surface area contributed by atoms with E-state index >= 15 is 0 Å². The third-order valence-electron chi connectivity index (χ3n) is 2.96. The predicted molar refractivity (Wildman–Crippen MR) is 68.1 cm³/mol. The third kappa shape index (κ3) is 2.16. The van der Waals surface area contributed by atoms with Crippen LogP contribution in [-0.2, 0) is 4.79 Å². The molecule has 0 aliphatic heterocycles. The molecule has 1 heterocycles. The first-order valence-corrected chi connectivity index (χ1v) is 6.07. The SMILES string of the molecule is O=C(Nc1cc2cc(F)c(Cl)cc2cn1)C1CC1. The van der Waals surface area contributed by atoms with E-state index in [0.717, 1.165) is 18.2 Å². The Labute approximate surface area is 108 Å². The Hall–Kier alpha value is -1.68. The number of carbonyl (C=O) groups is 1. The number of amides is 1. The van der Waals surface area contributed by atoms with Crippen LogP contribution >= 0.6 is 11.6 Å². The van der Waals surface area contributed by atoms with Gasteiger partial charge in [-0.05, 0) is 36.4 Å². The molecule has 0 radical (unpaired) electrons. The minimum Gasteiger partial charge on any atom is -0.310 e. The molecule has 3 nitrogen and oxygen atoms in total. The molecule has 1 aliphatic carbocycles. The maximum Gasteiger partial charge on any atom is 0.228 e. The van der Waals surface area contributed by atoms with Crippen molar-refractivity contribution in [3.8, 4) is 0 Å². The standard InChI is InChI=1S/C13H10ClFN2O/c14-10-3-9-6-16-12(5-8(9)4-11(10)15)17-13(18)7-1-2-7/h3-7H,1-2H2,(H,16,17,18). The molecule has 1 N–H and O–H groups in total. The molecule has 5 heteroatoms. The molecule has 92 valence electrons. The highest BCUT2D eigenvalue weighted by Crippen LogP contribution is 2.30. The second-order valence-electron chi connectivity index (χ2n) is 4.45. The van der Waals surface area contributed by atoms with E-state index in [0.29, 0.717) is 11.2 Å². The Bertz CT molecular complexity index is 640. The molecular formula is C13H10ClFN2O. The van der Waals surface area contributed by atoms with Crippen LogP contribution in [-0.4, -0.2) is 10.9 Å². The van der Waals surface area contributed by atoms with Crippen LogP contribution in [0.3, 0.4) is 0 Å². The van der Waals surface area contributed by atoms with Crippen LogP contribution in [0.15, 0.2) is 24.4 Å². The molecule has 1 saturated carbocycles. The van der Waals surface area contributed by atoms with Gasteiger partial charge in [0, 0.05) is 17.5 Å². The molecule has 0 bridgehead atoms. The number of fused-ring (bicyclic) bond motifs is 1. The Kier molecular flexibility index (Phi) is 2.67. The number of hydrogen-bond acceptors (Lipinski definition) is 2. The summed E-state index contributed by atoms with van der Waals surface area (Å²) in [5.74, 6) is 0.0664. The Morgan fingerprint density at radius 3 is 2.83 bits per heavy atom. The Balaban J connectivity index is 1.94. The van der Waals surface area contributed by atoms with Gasteiger partial charge in [0.2, 0.25) is 5.91 Å². The normalized spacial score (nSPS) is 14.8. The molecule has 1 aromatic heterocycles. The lowest BCUT2D eigenvalue weighted by Crippen LogP contribution is -2.14. The van der Waals surface area contributed by atoms with Gasteiger partial charge in [0.1, 0.15) is 11.6 Å². The minimum atomic E-state index is -0.477. The Morgan fingerprint density at radius 1 is 1.33 bits per heavy atom. The van der Waals surface area contributed by atoms with E-state index in [1.54, 1.807) is 12.3 Å². The molecule has 1 aliphatic rings. The first-order chi connectivity index (χ1) is 8.63. The highest BCUT2D eigenvalue weighted by molar-refractivity contribution is 6.31. The fourth-order valence-electron chi connectivity index (χ4n) is 1.78. The fourth-order valence-corrected chi connectivity index (χ4v) is 1.95. The zero-order valence-corrected chi connectivity index (χ0v) is 10.2. The molecule has 1 fully saturated rings. The van der Waals surface area contributed by atoms with Gasteiger partial charge in [-0.1, -0.05) is 11.6 Å². The number of nitrogens with zero attached hydrogens (tertiary/aromatic N) is 1. The monoisotopic (exact) mass is 264 g/mol. The van der Waals surface area contributed by atoms with E-state index in [2.05, 4.69) is 10.3 Å². The molecule has 1 aromatic carbocycles. The van der Waals surface area contributed by atoms with Crippen LogP contribution in [0.1, 0.15) is 12.8 Å². The topological polar surface area (TPSA) is 42.0 Å². The molecule has 0 saturated heterocycles. The number of pyridine rings is 1. The molecule has 18 heavy (non-hydrogen) atoms. The lowest BCUT2D eigenvalue weighted by atomic mass is 10.1. The maximum absolute atomic E-state index is 13.3. The van der Waals surface area contributed by atoms with Crippen LogP contribution in [0, 0.1) is 11.7 Å². The van der Waals surface area contributed by atoms with Crippen molar-refractivity contribution in [2.45, 2.75) is 12.8 Å². The van der Waals surface area contributed by atoms with Gasteiger partial charge in [-0.2, -0.15) is 0 Å². The summed E-state index contributed by atoms with van der Waals surface area (Å²) in [6, 6.07) is 4.51. The molecule has 3 rings (SSSR count). The number of carbonyl (C=O) groups excluding carboxylic acids is 1. The molecule has 0 spiro atoms.